The fraction of sp³-hybridized carbons (Fsp3) is 0.0800. The van der Waals surface area contributed by atoms with E-state index in [-0.39, 0.29) is 6.71 Å². The summed E-state index contributed by atoms with van der Waals surface area (Å²) in [5.74, 6) is 0. The molecule has 3 nitrogen and oxygen atoms in total. The molecule has 0 unspecified atom stereocenters. The van der Waals surface area contributed by atoms with E-state index in [1.54, 1.807) is 0 Å². The van der Waals surface area contributed by atoms with E-state index in [9.17, 15) is 0 Å². The molecule has 0 spiro atoms. The molecule has 4 heterocycles. The van der Waals surface area contributed by atoms with Crippen molar-refractivity contribution >= 4 is 94.0 Å². The third-order valence-corrected chi connectivity index (χ3v) is 12.8. The summed E-state index contributed by atoms with van der Waals surface area (Å²) in [5, 5.41) is 9.25. The average Bonchev–Trinajstić information content (AvgIpc) is 3.72. The van der Waals surface area contributed by atoms with E-state index in [1.807, 2.05) is 0 Å². The number of aromatic nitrogens is 3. The van der Waals surface area contributed by atoms with Crippen LogP contribution in [0.4, 0.5) is 0 Å². The van der Waals surface area contributed by atoms with Crippen LogP contribution in [0.3, 0.4) is 0 Å². The standard InChI is InChI=1S/C50H34BN3/c1-30-26-33-15-9-20-37-47(33)46(27-30)53-43-23-11-14-32-24-25-40-49(48(32)43)54(50(37)53)45-28-38-36-19-7-8-22-42(36)52(34-16-3-2-4-17-34)44(38)29-41(45)51(40)39-21-10-13-31-12-5-6-18-35(31)39/h2-8,10-14,16-19,21-29H,9,15,20H2,1H3. The molecule has 4 heteroatoms. The lowest BCUT2D eigenvalue weighted by Crippen LogP contribution is -2.56. The maximum absolute atomic E-state index is 2.70. The monoisotopic (exact) mass is 687 g/mol. The molecule has 0 saturated heterocycles. The van der Waals surface area contributed by atoms with Crippen molar-refractivity contribution in [3.63, 3.8) is 0 Å². The topological polar surface area (TPSA) is 14.3 Å². The van der Waals surface area contributed by atoms with E-state index in [0.717, 1.165) is 12.8 Å². The lowest BCUT2D eigenvalue weighted by atomic mass is 9.35. The van der Waals surface area contributed by atoms with Crippen molar-refractivity contribution in [2.24, 2.45) is 0 Å². The molecule has 0 N–H and O–H groups in total. The second-order valence-corrected chi connectivity index (χ2v) is 15.6. The number of rotatable bonds is 2. The first-order chi connectivity index (χ1) is 26.7. The van der Waals surface area contributed by atoms with E-state index >= 15 is 0 Å². The quantitative estimate of drug-likeness (QED) is 0.161. The normalized spacial score (nSPS) is 13.8. The van der Waals surface area contributed by atoms with E-state index in [4.69, 9.17) is 0 Å². The number of benzene rings is 8. The zero-order chi connectivity index (χ0) is 35.2. The summed E-state index contributed by atoms with van der Waals surface area (Å²) >= 11 is 0. The van der Waals surface area contributed by atoms with Crippen LogP contribution in [-0.2, 0) is 12.8 Å². The minimum Gasteiger partial charge on any atom is -0.309 e. The molecule has 0 amide bonds. The Labute approximate surface area is 312 Å². The van der Waals surface area contributed by atoms with Gasteiger partial charge < -0.3 is 4.57 Å². The van der Waals surface area contributed by atoms with Crippen molar-refractivity contribution < 1.29 is 0 Å². The van der Waals surface area contributed by atoms with Gasteiger partial charge in [-0.15, -0.1) is 0 Å². The number of para-hydroxylation sites is 2. The van der Waals surface area contributed by atoms with Gasteiger partial charge in [0, 0.05) is 38.5 Å². The molecule has 13 rings (SSSR count). The first-order valence-electron chi connectivity index (χ1n) is 19.4. The minimum absolute atomic E-state index is 0.0338. The zero-order valence-corrected chi connectivity index (χ0v) is 30.0. The number of nitrogens with zero attached hydrogens (tertiary/aromatic N) is 3. The number of hydrogen-bond acceptors (Lipinski definition) is 0. The van der Waals surface area contributed by atoms with Crippen LogP contribution in [0.5, 0.6) is 0 Å². The van der Waals surface area contributed by atoms with Gasteiger partial charge in [0.25, 0.3) is 0 Å². The Balaban J connectivity index is 1.30. The molecule has 0 fully saturated rings. The highest BCUT2D eigenvalue weighted by atomic mass is 15.1. The molecule has 2 aliphatic rings. The Morgan fingerprint density at radius 1 is 0.500 bits per heavy atom. The average molecular weight is 688 g/mol. The van der Waals surface area contributed by atoms with Gasteiger partial charge in [-0.1, -0.05) is 115 Å². The molecule has 0 saturated carbocycles. The second-order valence-electron chi connectivity index (χ2n) is 15.6. The highest BCUT2D eigenvalue weighted by molar-refractivity contribution is 6.99. The van der Waals surface area contributed by atoms with Gasteiger partial charge in [0.1, 0.15) is 5.65 Å². The Hall–Kier alpha value is -6.52. The van der Waals surface area contributed by atoms with Crippen molar-refractivity contribution in [3.8, 4) is 11.4 Å². The largest absolute Gasteiger partial charge is 0.309 e. The number of aryl methyl sites for hydroxylation is 3. The van der Waals surface area contributed by atoms with E-state index in [1.165, 1.54) is 122 Å². The molecule has 11 aromatic rings. The van der Waals surface area contributed by atoms with Gasteiger partial charge >= 0.3 is 0 Å². The summed E-state index contributed by atoms with van der Waals surface area (Å²) in [6.07, 6.45) is 3.39. The van der Waals surface area contributed by atoms with Gasteiger partial charge in [-0.25, -0.2) is 0 Å². The van der Waals surface area contributed by atoms with E-state index < -0.39 is 0 Å². The molecule has 8 aromatic carbocycles. The van der Waals surface area contributed by atoms with Crippen molar-refractivity contribution in [2.75, 3.05) is 0 Å². The summed E-state index contributed by atoms with van der Waals surface area (Å²) in [5.41, 5.74) is 18.7. The van der Waals surface area contributed by atoms with Gasteiger partial charge in [0.05, 0.1) is 27.6 Å². The fourth-order valence-corrected chi connectivity index (χ4v) is 10.8. The van der Waals surface area contributed by atoms with Crippen LogP contribution >= 0.6 is 0 Å². The smallest absolute Gasteiger partial charge is 0.247 e. The predicted molar refractivity (Wildman–Crippen MR) is 229 cm³/mol. The van der Waals surface area contributed by atoms with Crippen molar-refractivity contribution in [1.82, 2.24) is 13.5 Å². The molecule has 0 atom stereocenters. The maximum Gasteiger partial charge on any atom is 0.247 e. The van der Waals surface area contributed by atoms with Crippen molar-refractivity contribution in [1.29, 1.82) is 0 Å². The van der Waals surface area contributed by atoms with Crippen LogP contribution in [0.25, 0.3) is 82.3 Å². The van der Waals surface area contributed by atoms with Crippen LogP contribution in [0, 0.1) is 6.92 Å². The van der Waals surface area contributed by atoms with Crippen LogP contribution in [-0.4, -0.2) is 20.2 Å². The number of hydrogen-bond donors (Lipinski definition) is 0. The van der Waals surface area contributed by atoms with Gasteiger partial charge in [-0.3, -0.25) is 8.97 Å². The Bertz CT molecular complexity index is 3430. The van der Waals surface area contributed by atoms with Crippen LogP contribution in [0.15, 0.2) is 152 Å². The van der Waals surface area contributed by atoms with Crippen molar-refractivity contribution in [2.45, 2.75) is 26.2 Å². The summed E-state index contributed by atoms with van der Waals surface area (Å²) < 4.78 is 7.81. The lowest BCUT2D eigenvalue weighted by Gasteiger charge is -2.32. The summed E-state index contributed by atoms with van der Waals surface area (Å²) in [6, 6.07) is 57.4. The molecule has 54 heavy (non-hydrogen) atoms. The predicted octanol–water partition coefficient (Wildman–Crippen LogP) is 10.1. The minimum atomic E-state index is 0.0338. The van der Waals surface area contributed by atoms with Gasteiger partial charge in [-0.2, -0.15) is 0 Å². The van der Waals surface area contributed by atoms with E-state index in [0.29, 0.717) is 0 Å². The summed E-state index contributed by atoms with van der Waals surface area (Å²) in [7, 11) is 0. The van der Waals surface area contributed by atoms with Gasteiger partial charge in [0.15, 0.2) is 0 Å². The van der Waals surface area contributed by atoms with Crippen molar-refractivity contribution in [3.05, 3.63) is 168 Å². The zero-order valence-electron chi connectivity index (χ0n) is 30.0. The first kappa shape index (κ1) is 29.0. The van der Waals surface area contributed by atoms with Crippen LogP contribution in [0.2, 0.25) is 0 Å². The lowest BCUT2D eigenvalue weighted by molar-refractivity contribution is 0.809. The van der Waals surface area contributed by atoms with Gasteiger partial charge in [-0.05, 0) is 107 Å². The second kappa shape index (κ2) is 10.3. The highest BCUT2D eigenvalue weighted by Gasteiger charge is 2.37. The molecular weight excluding hydrogens is 653 g/mol. The molecule has 1 aliphatic carbocycles. The Kier molecular flexibility index (Phi) is 5.55. The molecule has 252 valence electrons. The molecule has 0 radical (unpaired) electrons. The Morgan fingerprint density at radius 2 is 1.28 bits per heavy atom. The van der Waals surface area contributed by atoms with Crippen LogP contribution in [0.1, 0.15) is 23.1 Å². The van der Waals surface area contributed by atoms with Gasteiger partial charge in [0.2, 0.25) is 6.71 Å². The Morgan fingerprint density at radius 3 is 2.20 bits per heavy atom. The third-order valence-electron chi connectivity index (χ3n) is 12.8. The molecule has 1 aliphatic heterocycles. The molecule has 3 aromatic heterocycles. The van der Waals surface area contributed by atoms with Crippen LogP contribution < -0.4 is 16.4 Å². The molecule has 0 bridgehead atoms. The summed E-state index contributed by atoms with van der Waals surface area (Å²) in [6.45, 7) is 2.30. The third kappa shape index (κ3) is 3.58. The first-order valence-corrected chi connectivity index (χ1v) is 19.4. The highest BCUT2D eigenvalue weighted by Crippen LogP contribution is 2.43. The summed E-state index contributed by atoms with van der Waals surface area (Å²) in [4.78, 5) is 0. The SMILES string of the molecule is Cc1cc2c3c(c4n5c6c(ccc7cccc(c76)n4c3c1)B(c1cccc3ccccc13)c1cc3c(cc1-5)c1ccccc1n3-c1ccccc1)CCC2. The molecular formula is C50H34BN3. The fourth-order valence-electron chi connectivity index (χ4n) is 10.8. The number of fused-ring (bicyclic) bond motifs is 11. The van der Waals surface area contributed by atoms with E-state index in [2.05, 4.69) is 172 Å². The maximum atomic E-state index is 2.70.